The van der Waals surface area contributed by atoms with Crippen LogP contribution in [-0.4, -0.2) is 42.0 Å². The van der Waals surface area contributed by atoms with Crippen molar-refractivity contribution in [1.82, 2.24) is 4.90 Å². The molecule has 30 heavy (non-hydrogen) atoms. The summed E-state index contributed by atoms with van der Waals surface area (Å²) in [7, 11) is 1.60. The van der Waals surface area contributed by atoms with E-state index in [1.807, 2.05) is 37.3 Å². The minimum absolute atomic E-state index is 0.128. The van der Waals surface area contributed by atoms with Crippen molar-refractivity contribution in [1.29, 1.82) is 0 Å². The average Bonchev–Trinajstić information content (AvgIpc) is 3.00. The van der Waals surface area contributed by atoms with Crippen molar-refractivity contribution in [2.45, 2.75) is 32.7 Å². The Morgan fingerprint density at radius 2 is 1.87 bits per heavy atom. The molecule has 3 rings (SSSR count). The molecule has 1 heterocycles. The van der Waals surface area contributed by atoms with Gasteiger partial charge in [0, 0.05) is 30.3 Å². The van der Waals surface area contributed by atoms with Crippen LogP contribution in [-0.2, 0) is 20.7 Å². The molecule has 0 saturated carbocycles. The second-order valence-electron chi connectivity index (χ2n) is 7.40. The number of ether oxygens (including phenoxy) is 1. The number of hydrogen-bond donors (Lipinski definition) is 1. The van der Waals surface area contributed by atoms with E-state index in [9.17, 15) is 14.7 Å². The number of aliphatic hydroxyl groups is 1. The highest BCUT2D eigenvalue weighted by Crippen LogP contribution is 2.39. The molecule has 5 nitrogen and oxygen atoms in total. The van der Waals surface area contributed by atoms with E-state index in [0.717, 1.165) is 22.0 Å². The van der Waals surface area contributed by atoms with Gasteiger partial charge in [-0.2, -0.15) is 0 Å². The molecule has 6 heteroatoms. The minimum Gasteiger partial charge on any atom is -0.507 e. The number of aryl methyl sites for hydroxylation is 2. The first-order chi connectivity index (χ1) is 14.4. The van der Waals surface area contributed by atoms with Gasteiger partial charge in [0.15, 0.2) is 0 Å². The van der Waals surface area contributed by atoms with Gasteiger partial charge in [-0.05, 0) is 48.6 Å². The zero-order valence-corrected chi connectivity index (χ0v) is 19.0. The highest BCUT2D eigenvalue weighted by atomic mass is 79.9. The Labute approximate surface area is 185 Å². The van der Waals surface area contributed by atoms with Gasteiger partial charge in [0.1, 0.15) is 5.76 Å². The normalized spacial score (nSPS) is 18.3. The summed E-state index contributed by atoms with van der Waals surface area (Å²) in [5.74, 6) is -1.40. The number of nitrogens with zero attached hydrogens (tertiary/aromatic N) is 1. The van der Waals surface area contributed by atoms with E-state index in [1.165, 1.54) is 5.56 Å². The van der Waals surface area contributed by atoms with Crippen LogP contribution in [0.3, 0.4) is 0 Å². The molecule has 1 atom stereocenters. The average molecular weight is 472 g/mol. The molecular weight excluding hydrogens is 446 g/mol. The fourth-order valence-corrected chi connectivity index (χ4v) is 3.97. The minimum atomic E-state index is -0.657. The van der Waals surface area contributed by atoms with Gasteiger partial charge in [0.25, 0.3) is 11.7 Å². The van der Waals surface area contributed by atoms with Gasteiger partial charge in [-0.15, -0.1) is 0 Å². The number of amides is 1. The number of ketones is 1. The fourth-order valence-electron chi connectivity index (χ4n) is 3.72. The molecule has 0 spiro atoms. The topological polar surface area (TPSA) is 66.8 Å². The fraction of sp³-hybridized carbons (Fsp3) is 0.333. The lowest BCUT2D eigenvalue weighted by molar-refractivity contribution is -0.140. The number of likely N-dealkylation sites (tertiary alicyclic amines) is 1. The van der Waals surface area contributed by atoms with Crippen molar-refractivity contribution in [3.63, 3.8) is 0 Å². The SMILES string of the molecule is CCc1ccc(C2/C(=C(/O)c3ccc(Br)c(C)c3)C(=O)C(=O)N2CCCOC)cc1. The van der Waals surface area contributed by atoms with E-state index in [2.05, 4.69) is 22.9 Å². The number of carbonyl (C=O) groups excluding carboxylic acids is 2. The van der Waals surface area contributed by atoms with Crippen molar-refractivity contribution in [3.8, 4) is 0 Å². The Morgan fingerprint density at radius 3 is 2.47 bits per heavy atom. The van der Waals surface area contributed by atoms with Gasteiger partial charge in [0.05, 0.1) is 11.6 Å². The summed E-state index contributed by atoms with van der Waals surface area (Å²) in [6.45, 7) is 4.83. The third-order valence-corrected chi connectivity index (χ3v) is 6.31. The Hall–Kier alpha value is -2.44. The van der Waals surface area contributed by atoms with Crippen LogP contribution < -0.4 is 0 Å². The second-order valence-corrected chi connectivity index (χ2v) is 8.25. The van der Waals surface area contributed by atoms with Crippen LogP contribution in [0.25, 0.3) is 5.76 Å². The maximum absolute atomic E-state index is 13.0. The molecule has 158 valence electrons. The van der Waals surface area contributed by atoms with E-state index < -0.39 is 17.7 Å². The first-order valence-corrected chi connectivity index (χ1v) is 10.8. The molecule has 1 unspecified atom stereocenters. The summed E-state index contributed by atoms with van der Waals surface area (Å²) in [6, 6.07) is 12.6. The maximum Gasteiger partial charge on any atom is 0.295 e. The van der Waals surface area contributed by atoms with Crippen LogP contribution in [0.4, 0.5) is 0 Å². The van der Waals surface area contributed by atoms with Crippen molar-refractivity contribution in [3.05, 3.63) is 74.8 Å². The molecule has 2 aromatic rings. The molecule has 0 aliphatic carbocycles. The third kappa shape index (κ3) is 4.35. The van der Waals surface area contributed by atoms with Gasteiger partial charge < -0.3 is 14.7 Å². The van der Waals surface area contributed by atoms with E-state index in [4.69, 9.17) is 4.74 Å². The van der Waals surface area contributed by atoms with Gasteiger partial charge in [-0.3, -0.25) is 9.59 Å². The summed E-state index contributed by atoms with van der Waals surface area (Å²) in [5.41, 5.74) is 3.54. The van der Waals surface area contributed by atoms with Gasteiger partial charge in [-0.1, -0.05) is 53.2 Å². The number of methoxy groups -OCH3 is 1. The molecule has 0 bridgehead atoms. The monoisotopic (exact) mass is 471 g/mol. The number of benzene rings is 2. The van der Waals surface area contributed by atoms with Crippen LogP contribution >= 0.6 is 15.9 Å². The highest BCUT2D eigenvalue weighted by molar-refractivity contribution is 9.10. The lowest BCUT2D eigenvalue weighted by atomic mass is 9.94. The van der Waals surface area contributed by atoms with Crippen LogP contribution in [0, 0.1) is 6.92 Å². The molecule has 0 radical (unpaired) electrons. The summed E-state index contributed by atoms with van der Waals surface area (Å²) in [4.78, 5) is 27.4. The van der Waals surface area contributed by atoms with Crippen molar-refractivity contribution < 1.29 is 19.4 Å². The molecule has 0 aromatic heterocycles. The first kappa shape index (κ1) is 22.2. The maximum atomic E-state index is 13.0. The molecule has 1 aliphatic rings. The Kier molecular flexibility index (Phi) is 7.10. The van der Waals surface area contributed by atoms with Gasteiger partial charge >= 0.3 is 0 Å². The van der Waals surface area contributed by atoms with Gasteiger partial charge in [0.2, 0.25) is 0 Å². The van der Waals surface area contributed by atoms with Crippen molar-refractivity contribution in [2.75, 3.05) is 20.3 Å². The lowest BCUT2D eigenvalue weighted by Crippen LogP contribution is -2.31. The number of Topliss-reactive ketones (excluding diaryl/α,β-unsaturated/α-hetero) is 1. The summed E-state index contributed by atoms with van der Waals surface area (Å²) >= 11 is 3.45. The number of aliphatic hydroxyl groups excluding tert-OH is 1. The quantitative estimate of drug-likeness (QED) is 0.273. The third-order valence-electron chi connectivity index (χ3n) is 5.42. The predicted octanol–water partition coefficient (Wildman–Crippen LogP) is 4.78. The second kappa shape index (κ2) is 9.58. The molecule has 2 aromatic carbocycles. The molecule has 1 fully saturated rings. The number of hydrogen-bond acceptors (Lipinski definition) is 4. The number of carbonyl (C=O) groups is 2. The molecule has 1 saturated heterocycles. The zero-order chi connectivity index (χ0) is 21.8. The lowest BCUT2D eigenvalue weighted by Gasteiger charge is -2.25. The molecule has 1 amide bonds. The van der Waals surface area contributed by atoms with Crippen LogP contribution in [0.5, 0.6) is 0 Å². The largest absolute Gasteiger partial charge is 0.507 e. The van der Waals surface area contributed by atoms with Crippen molar-refractivity contribution in [2.24, 2.45) is 0 Å². The number of rotatable bonds is 7. The standard InChI is InChI=1S/C24H26BrNO4/c1-4-16-6-8-17(9-7-16)21-20(22(27)18-10-11-19(25)15(2)14-18)23(28)24(29)26(21)12-5-13-30-3/h6-11,14,21,27H,4-5,12-13H2,1-3H3/b22-20-. The van der Waals surface area contributed by atoms with E-state index in [1.54, 1.807) is 24.1 Å². The van der Waals surface area contributed by atoms with Crippen LogP contribution in [0.15, 0.2) is 52.5 Å². The van der Waals surface area contributed by atoms with E-state index in [-0.39, 0.29) is 11.3 Å². The van der Waals surface area contributed by atoms with E-state index in [0.29, 0.717) is 25.1 Å². The Balaban J connectivity index is 2.12. The predicted molar refractivity (Wildman–Crippen MR) is 120 cm³/mol. The van der Waals surface area contributed by atoms with E-state index >= 15 is 0 Å². The smallest absolute Gasteiger partial charge is 0.295 e. The first-order valence-electron chi connectivity index (χ1n) is 10.0. The number of halogens is 1. The van der Waals surface area contributed by atoms with Gasteiger partial charge in [-0.25, -0.2) is 0 Å². The molecular formula is C24H26BrNO4. The summed E-state index contributed by atoms with van der Waals surface area (Å²) in [5, 5.41) is 11.1. The van der Waals surface area contributed by atoms with Crippen LogP contribution in [0.1, 0.15) is 41.6 Å². The highest BCUT2D eigenvalue weighted by Gasteiger charge is 2.45. The van der Waals surface area contributed by atoms with Crippen molar-refractivity contribution >= 4 is 33.4 Å². The Morgan fingerprint density at radius 1 is 1.17 bits per heavy atom. The Bertz CT molecular complexity index is 981. The summed E-state index contributed by atoms with van der Waals surface area (Å²) in [6.07, 6.45) is 1.50. The van der Waals surface area contributed by atoms with Crippen LogP contribution in [0.2, 0.25) is 0 Å². The summed E-state index contributed by atoms with van der Waals surface area (Å²) < 4.78 is 6.02. The molecule has 1 N–H and O–H groups in total. The zero-order valence-electron chi connectivity index (χ0n) is 17.4. The molecule has 1 aliphatic heterocycles.